The Balaban J connectivity index is 1.62. The van der Waals surface area contributed by atoms with Crippen LogP contribution in [0.3, 0.4) is 0 Å². The summed E-state index contributed by atoms with van der Waals surface area (Å²) in [5, 5.41) is 3.05. The Morgan fingerprint density at radius 1 is 1.10 bits per heavy atom. The van der Waals surface area contributed by atoms with Gasteiger partial charge in [-0.05, 0) is 42.2 Å². The van der Waals surface area contributed by atoms with Crippen molar-refractivity contribution in [2.45, 2.75) is 31.0 Å². The predicted octanol–water partition coefficient (Wildman–Crippen LogP) is 3.86. The van der Waals surface area contributed by atoms with Crippen LogP contribution in [0.1, 0.15) is 29.5 Å². The fourth-order valence-electron chi connectivity index (χ4n) is 3.21. The van der Waals surface area contributed by atoms with E-state index >= 15 is 0 Å². The number of guanidine groups is 1. The minimum atomic E-state index is -4.35. The molecule has 0 bridgehead atoms. The lowest BCUT2D eigenvalue weighted by Crippen LogP contribution is -2.37. The summed E-state index contributed by atoms with van der Waals surface area (Å²) in [5.74, 6) is 1.48. The average Bonchev–Trinajstić information content (AvgIpc) is 3.51. The Bertz CT molecular complexity index is 893. The number of nitrogens with two attached hydrogens (primary N) is 1. The average molecular weight is 407 g/mol. The van der Waals surface area contributed by atoms with Crippen LogP contribution in [-0.2, 0) is 18.1 Å². The van der Waals surface area contributed by atoms with E-state index in [9.17, 15) is 13.2 Å². The second-order valence-corrected chi connectivity index (χ2v) is 7.10. The number of benzene rings is 2. The van der Waals surface area contributed by atoms with E-state index in [0.29, 0.717) is 30.2 Å². The Morgan fingerprint density at radius 2 is 1.83 bits per heavy atom. The Morgan fingerprint density at radius 3 is 2.45 bits per heavy atom. The monoisotopic (exact) mass is 407 g/mol. The van der Waals surface area contributed by atoms with Gasteiger partial charge in [0.2, 0.25) is 0 Å². The summed E-state index contributed by atoms with van der Waals surface area (Å²) >= 11 is 0. The van der Waals surface area contributed by atoms with Gasteiger partial charge in [0, 0.05) is 12.0 Å². The van der Waals surface area contributed by atoms with E-state index in [4.69, 9.17) is 15.2 Å². The highest BCUT2D eigenvalue weighted by Gasteiger charge is 2.45. The SMILES string of the molecule is COc1ccc(CN=C(N)NCC2(c3cccc(C(F)(F)F)c3)CC2)cc1OC. The molecular weight excluding hydrogens is 383 g/mol. The van der Waals surface area contributed by atoms with Crippen molar-refractivity contribution in [1.29, 1.82) is 0 Å². The van der Waals surface area contributed by atoms with Gasteiger partial charge in [0.1, 0.15) is 0 Å². The maximum Gasteiger partial charge on any atom is 0.416 e. The molecule has 0 spiro atoms. The summed E-state index contributed by atoms with van der Waals surface area (Å²) in [6.07, 6.45) is -2.73. The fraction of sp³-hybridized carbons (Fsp3) is 0.381. The third-order valence-electron chi connectivity index (χ3n) is 5.14. The van der Waals surface area contributed by atoms with E-state index in [0.717, 1.165) is 24.5 Å². The van der Waals surface area contributed by atoms with Crippen molar-refractivity contribution in [1.82, 2.24) is 5.32 Å². The van der Waals surface area contributed by atoms with Crippen LogP contribution in [0.2, 0.25) is 0 Å². The van der Waals surface area contributed by atoms with Crippen LogP contribution >= 0.6 is 0 Å². The number of halogens is 3. The van der Waals surface area contributed by atoms with Gasteiger partial charge in [0.25, 0.3) is 0 Å². The lowest BCUT2D eigenvalue weighted by molar-refractivity contribution is -0.137. The molecule has 3 N–H and O–H groups in total. The van der Waals surface area contributed by atoms with Gasteiger partial charge >= 0.3 is 6.18 Å². The molecule has 3 rings (SSSR count). The summed E-state index contributed by atoms with van der Waals surface area (Å²) in [4.78, 5) is 4.31. The second-order valence-electron chi connectivity index (χ2n) is 7.10. The molecule has 8 heteroatoms. The van der Waals surface area contributed by atoms with Gasteiger partial charge in [-0.1, -0.05) is 24.3 Å². The number of hydrogen-bond donors (Lipinski definition) is 2. The van der Waals surface area contributed by atoms with Crippen LogP contribution in [0, 0.1) is 0 Å². The summed E-state index contributed by atoms with van der Waals surface area (Å²) < 4.78 is 49.4. The molecule has 156 valence electrons. The number of hydrogen-bond acceptors (Lipinski definition) is 3. The van der Waals surface area contributed by atoms with Crippen molar-refractivity contribution in [3.63, 3.8) is 0 Å². The van der Waals surface area contributed by atoms with Crippen LogP contribution < -0.4 is 20.5 Å². The molecule has 0 radical (unpaired) electrons. The highest BCUT2D eigenvalue weighted by Crippen LogP contribution is 2.48. The third-order valence-corrected chi connectivity index (χ3v) is 5.14. The normalized spacial score (nSPS) is 15.7. The van der Waals surface area contributed by atoms with Crippen LogP contribution in [0.4, 0.5) is 13.2 Å². The van der Waals surface area contributed by atoms with Crippen molar-refractivity contribution >= 4 is 5.96 Å². The van der Waals surface area contributed by atoms with Crippen molar-refractivity contribution in [3.8, 4) is 11.5 Å². The first kappa shape index (κ1) is 20.8. The summed E-state index contributed by atoms with van der Waals surface area (Å²) in [5.41, 5.74) is 6.57. The number of aliphatic imine (C=N–C) groups is 1. The third kappa shape index (κ3) is 4.93. The number of nitrogens with zero attached hydrogens (tertiary/aromatic N) is 1. The van der Waals surface area contributed by atoms with Crippen molar-refractivity contribution in [2.75, 3.05) is 20.8 Å². The highest BCUT2D eigenvalue weighted by molar-refractivity contribution is 5.78. The van der Waals surface area contributed by atoms with Gasteiger partial charge in [-0.3, -0.25) is 0 Å². The van der Waals surface area contributed by atoms with Gasteiger partial charge < -0.3 is 20.5 Å². The quantitative estimate of drug-likeness (QED) is 0.540. The molecule has 0 aromatic heterocycles. The topological polar surface area (TPSA) is 68.9 Å². The van der Waals surface area contributed by atoms with Crippen LogP contribution in [-0.4, -0.2) is 26.7 Å². The first-order valence-electron chi connectivity index (χ1n) is 9.20. The van der Waals surface area contributed by atoms with Crippen LogP contribution in [0.15, 0.2) is 47.5 Å². The molecule has 1 fully saturated rings. The van der Waals surface area contributed by atoms with E-state index in [1.165, 1.54) is 12.1 Å². The molecule has 0 aliphatic heterocycles. The molecular formula is C21H24F3N3O2. The Kier molecular flexibility index (Phi) is 5.91. The molecule has 0 heterocycles. The van der Waals surface area contributed by atoms with E-state index in [2.05, 4.69) is 10.3 Å². The smallest absolute Gasteiger partial charge is 0.416 e. The zero-order valence-electron chi connectivity index (χ0n) is 16.3. The number of methoxy groups -OCH3 is 2. The molecule has 0 amide bonds. The van der Waals surface area contributed by atoms with E-state index in [1.54, 1.807) is 26.4 Å². The maximum atomic E-state index is 13.0. The summed E-state index contributed by atoms with van der Waals surface area (Å²) in [6.45, 7) is 0.783. The van der Waals surface area contributed by atoms with Crippen molar-refractivity contribution in [3.05, 3.63) is 59.2 Å². The predicted molar refractivity (Wildman–Crippen MR) is 105 cm³/mol. The number of nitrogens with one attached hydrogen (secondary N) is 1. The van der Waals surface area contributed by atoms with Gasteiger partial charge in [0.15, 0.2) is 17.5 Å². The standard InChI is InChI=1S/C21H24F3N3O2/c1-28-17-7-6-14(10-18(17)29-2)12-26-19(25)27-13-20(8-9-20)15-4-3-5-16(11-15)21(22,23)24/h3-7,10-11H,8-9,12-13H2,1-2H3,(H3,25,26,27). The fourth-order valence-corrected chi connectivity index (χ4v) is 3.21. The molecule has 2 aromatic carbocycles. The van der Waals surface area contributed by atoms with Gasteiger partial charge in [-0.2, -0.15) is 13.2 Å². The second kappa shape index (κ2) is 8.23. The van der Waals surface area contributed by atoms with Crippen LogP contribution in [0.25, 0.3) is 0 Å². The molecule has 1 saturated carbocycles. The largest absolute Gasteiger partial charge is 0.493 e. The summed E-state index contributed by atoms with van der Waals surface area (Å²) in [7, 11) is 3.12. The number of ether oxygens (including phenoxy) is 2. The lowest BCUT2D eigenvalue weighted by atomic mass is 9.94. The summed E-state index contributed by atoms with van der Waals surface area (Å²) in [6, 6.07) is 11.0. The molecule has 0 atom stereocenters. The minimum Gasteiger partial charge on any atom is -0.493 e. The van der Waals surface area contributed by atoms with E-state index in [-0.39, 0.29) is 11.4 Å². The molecule has 0 unspecified atom stereocenters. The van der Waals surface area contributed by atoms with Crippen LogP contribution in [0.5, 0.6) is 11.5 Å². The lowest BCUT2D eigenvalue weighted by Gasteiger charge is -2.18. The molecule has 0 saturated heterocycles. The highest BCUT2D eigenvalue weighted by atomic mass is 19.4. The zero-order valence-corrected chi connectivity index (χ0v) is 16.3. The maximum absolute atomic E-state index is 13.0. The van der Waals surface area contributed by atoms with Crippen molar-refractivity contribution in [2.24, 2.45) is 10.7 Å². The number of rotatable bonds is 7. The number of alkyl halides is 3. The van der Waals surface area contributed by atoms with Gasteiger partial charge in [0.05, 0.1) is 26.3 Å². The first-order chi connectivity index (χ1) is 13.8. The molecule has 5 nitrogen and oxygen atoms in total. The van der Waals surface area contributed by atoms with Gasteiger partial charge in [-0.15, -0.1) is 0 Å². The molecule has 29 heavy (non-hydrogen) atoms. The molecule has 1 aliphatic rings. The minimum absolute atomic E-state index is 0.248. The molecule has 1 aliphatic carbocycles. The Labute approximate surface area is 167 Å². The molecule has 2 aromatic rings. The Hall–Kier alpha value is -2.90. The van der Waals surface area contributed by atoms with Crippen molar-refractivity contribution < 1.29 is 22.6 Å². The van der Waals surface area contributed by atoms with E-state index < -0.39 is 11.7 Å². The first-order valence-corrected chi connectivity index (χ1v) is 9.20. The van der Waals surface area contributed by atoms with E-state index in [1.807, 2.05) is 12.1 Å². The zero-order chi connectivity index (χ0) is 21.1. The van der Waals surface area contributed by atoms with Gasteiger partial charge in [-0.25, -0.2) is 4.99 Å².